The lowest BCUT2D eigenvalue weighted by atomic mass is 9.66. The second-order valence-corrected chi connectivity index (χ2v) is 11.0. The molecule has 0 bridgehead atoms. The minimum absolute atomic E-state index is 0.0876. The van der Waals surface area contributed by atoms with Crippen LogP contribution in [0.15, 0.2) is 36.2 Å². The van der Waals surface area contributed by atoms with Crippen molar-refractivity contribution in [3.8, 4) is 0 Å². The van der Waals surface area contributed by atoms with E-state index in [-0.39, 0.29) is 29.2 Å². The Kier molecular flexibility index (Phi) is 5.53. The first-order chi connectivity index (χ1) is 16.9. The van der Waals surface area contributed by atoms with Gasteiger partial charge in [-0.3, -0.25) is 9.59 Å². The number of hydrogen-bond donors (Lipinski definition) is 1. The van der Waals surface area contributed by atoms with Crippen LogP contribution in [0.2, 0.25) is 0 Å². The van der Waals surface area contributed by atoms with E-state index in [1.54, 1.807) is 0 Å². The van der Waals surface area contributed by atoms with E-state index in [2.05, 4.69) is 39.7 Å². The van der Waals surface area contributed by atoms with Gasteiger partial charge in [0.15, 0.2) is 0 Å². The predicted octanol–water partition coefficient (Wildman–Crippen LogP) is 4.29. The smallest absolute Gasteiger partial charge is 0.272 e. The first-order valence-corrected chi connectivity index (χ1v) is 13.2. The average Bonchev–Trinajstić information content (AvgIpc) is 3.14. The summed E-state index contributed by atoms with van der Waals surface area (Å²) in [7, 11) is 2.21. The SMILES string of the molecule is C=C(C1CCOCC1)N1/C(=C\C)C(=O)Nc2cc3c(cc21)C1N(CCCC12CCCN(C)C2)C3=O. The van der Waals surface area contributed by atoms with Crippen molar-refractivity contribution < 1.29 is 14.3 Å². The summed E-state index contributed by atoms with van der Waals surface area (Å²) in [5.74, 6) is 0.222. The van der Waals surface area contributed by atoms with Crippen molar-refractivity contribution in [3.05, 3.63) is 47.3 Å². The summed E-state index contributed by atoms with van der Waals surface area (Å²) in [5.41, 5.74) is 5.15. The molecule has 5 aliphatic heterocycles. The number of benzene rings is 1. The number of likely N-dealkylation sites (tertiary alicyclic amines) is 1. The van der Waals surface area contributed by atoms with Crippen LogP contribution in [-0.2, 0) is 9.53 Å². The molecule has 2 unspecified atom stereocenters. The standard InChI is InChI=1S/C28H36N4O3/c1-4-23-26(33)29-22-15-21-20(16-24(22)32(23)18(2)19-7-13-35-14-8-19)25-28(9-5-11-30(3)17-28)10-6-12-31(25)27(21)34/h4,15-16,19,25H,2,5-14,17H2,1,3H3,(H,29,33)/b23-4-. The van der Waals surface area contributed by atoms with Gasteiger partial charge in [0.05, 0.1) is 17.4 Å². The Bertz CT molecular complexity index is 1120. The average molecular weight is 477 g/mol. The molecule has 0 aliphatic carbocycles. The Morgan fingerprint density at radius 2 is 1.91 bits per heavy atom. The molecule has 0 saturated carbocycles. The molecule has 7 nitrogen and oxygen atoms in total. The molecule has 2 amide bonds. The fourth-order valence-corrected chi connectivity index (χ4v) is 7.39. The summed E-state index contributed by atoms with van der Waals surface area (Å²) >= 11 is 0. The molecule has 186 valence electrons. The van der Waals surface area contributed by atoms with E-state index in [4.69, 9.17) is 4.74 Å². The molecule has 0 aromatic heterocycles. The molecule has 3 fully saturated rings. The van der Waals surface area contributed by atoms with E-state index in [0.717, 1.165) is 74.2 Å². The van der Waals surface area contributed by atoms with E-state index in [1.165, 1.54) is 6.42 Å². The number of hydrogen-bond acceptors (Lipinski definition) is 5. The topological polar surface area (TPSA) is 65.1 Å². The lowest BCUT2D eigenvalue weighted by Gasteiger charge is -2.51. The molecule has 5 heterocycles. The van der Waals surface area contributed by atoms with E-state index >= 15 is 0 Å². The molecule has 2 atom stereocenters. The third kappa shape index (κ3) is 3.46. The van der Waals surface area contributed by atoms with Crippen LogP contribution < -0.4 is 10.2 Å². The molecule has 1 aromatic rings. The number of ether oxygens (including phenoxy) is 1. The first-order valence-electron chi connectivity index (χ1n) is 13.2. The highest BCUT2D eigenvalue weighted by atomic mass is 16.5. The number of piperidine rings is 2. The molecule has 7 heteroatoms. The van der Waals surface area contributed by atoms with Gasteiger partial charge in [-0.15, -0.1) is 0 Å². The lowest BCUT2D eigenvalue weighted by molar-refractivity contribution is -0.113. The van der Waals surface area contributed by atoms with Crippen molar-refractivity contribution in [1.29, 1.82) is 0 Å². The predicted molar refractivity (Wildman–Crippen MR) is 136 cm³/mol. The van der Waals surface area contributed by atoms with Crippen LogP contribution in [0.3, 0.4) is 0 Å². The summed E-state index contributed by atoms with van der Waals surface area (Å²) < 4.78 is 5.58. The van der Waals surface area contributed by atoms with E-state index in [9.17, 15) is 9.59 Å². The molecule has 35 heavy (non-hydrogen) atoms. The zero-order chi connectivity index (χ0) is 24.3. The second-order valence-electron chi connectivity index (χ2n) is 11.0. The monoisotopic (exact) mass is 476 g/mol. The maximum atomic E-state index is 13.6. The number of amides is 2. The Morgan fingerprint density at radius 3 is 2.63 bits per heavy atom. The zero-order valence-electron chi connectivity index (χ0n) is 20.9. The highest BCUT2D eigenvalue weighted by Gasteiger charge is 2.53. The Balaban J connectivity index is 1.48. The molecule has 1 aromatic carbocycles. The number of nitrogens with one attached hydrogen (secondary N) is 1. The molecule has 6 rings (SSSR count). The molecule has 3 saturated heterocycles. The van der Waals surface area contributed by atoms with Crippen molar-refractivity contribution in [2.24, 2.45) is 11.3 Å². The van der Waals surface area contributed by atoms with Gasteiger partial charge in [-0.1, -0.05) is 12.7 Å². The minimum Gasteiger partial charge on any atom is -0.381 e. The number of fused-ring (bicyclic) bond motifs is 5. The zero-order valence-corrected chi connectivity index (χ0v) is 20.9. The van der Waals surface area contributed by atoms with Crippen LogP contribution in [0, 0.1) is 11.3 Å². The molecular formula is C28H36N4O3. The van der Waals surface area contributed by atoms with Gasteiger partial charge in [0, 0.05) is 48.9 Å². The molecule has 5 aliphatic rings. The van der Waals surface area contributed by atoms with Gasteiger partial charge in [-0.25, -0.2) is 0 Å². The molecule has 1 N–H and O–H groups in total. The van der Waals surface area contributed by atoms with E-state index in [0.29, 0.717) is 24.6 Å². The number of nitrogens with zero attached hydrogens (tertiary/aromatic N) is 3. The third-order valence-corrected chi connectivity index (χ3v) is 8.93. The second kappa shape index (κ2) is 8.49. The van der Waals surface area contributed by atoms with Crippen molar-refractivity contribution in [2.45, 2.75) is 51.5 Å². The van der Waals surface area contributed by atoms with Crippen molar-refractivity contribution in [1.82, 2.24) is 9.80 Å². The van der Waals surface area contributed by atoms with Gasteiger partial charge < -0.3 is 24.8 Å². The van der Waals surface area contributed by atoms with Crippen LogP contribution >= 0.6 is 0 Å². The number of anilines is 2. The van der Waals surface area contributed by atoms with Crippen LogP contribution in [0.5, 0.6) is 0 Å². The Morgan fingerprint density at radius 1 is 1.17 bits per heavy atom. The Labute approximate surface area is 207 Å². The number of allylic oxidation sites excluding steroid dienone is 2. The molecule has 0 radical (unpaired) electrons. The summed E-state index contributed by atoms with van der Waals surface area (Å²) in [6, 6.07) is 4.22. The van der Waals surface area contributed by atoms with Crippen molar-refractivity contribution >= 4 is 23.2 Å². The molecular weight excluding hydrogens is 440 g/mol. The van der Waals surface area contributed by atoms with Crippen molar-refractivity contribution in [2.75, 3.05) is 50.1 Å². The van der Waals surface area contributed by atoms with Gasteiger partial charge in [0.2, 0.25) is 0 Å². The highest BCUT2D eigenvalue weighted by Crippen LogP contribution is 2.56. The summed E-state index contributed by atoms with van der Waals surface area (Å²) in [5, 5.41) is 3.06. The number of carbonyl (C=O) groups is 2. The van der Waals surface area contributed by atoms with E-state index in [1.807, 2.05) is 19.1 Å². The number of rotatable bonds is 2. The summed E-state index contributed by atoms with van der Waals surface area (Å²) in [6.07, 6.45) is 8.19. The van der Waals surface area contributed by atoms with Crippen LogP contribution in [-0.4, -0.2) is 61.5 Å². The first kappa shape index (κ1) is 22.8. The largest absolute Gasteiger partial charge is 0.381 e. The van der Waals surface area contributed by atoms with Crippen LogP contribution in [0.4, 0.5) is 11.4 Å². The van der Waals surface area contributed by atoms with Crippen LogP contribution in [0.1, 0.15) is 67.4 Å². The van der Waals surface area contributed by atoms with Gasteiger partial charge in [0.25, 0.3) is 11.8 Å². The van der Waals surface area contributed by atoms with Gasteiger partial charge in [-0.2, -0.15) is 0 Å². The third-order valence-electron chi connectivity index (χ3n) is 8.93. The maximum absolute atomic E-state index is 13.6. The molecule has 1 spiro atoms. The van der Waals surface area contributed by atoms with Gasteiger partial charge >= 0.3 is 0 Å². The number of carbonyl (C=O) groups excluding carboxylic acids is 2. The summed E-state index contributed by atoms with van der Waals surface area (Å²) in [4.78, 5) is 33.4. The van der Waals surface area contributed by atoms with Gasteiger partial charge in [0.1, 0.15) is 5.70 Å². The quantitative estimate of drug-likeness (QED) is 0.645. The maximum Gasteiger partial charge on any atom is 0.272 e. The van der Waals surface area contributed by atoms with Crippen molar-refractivity contribution in [3.63, 3.8) is 0 Å². The van der Waals surface area contributed by atoms with Gasteiger partial charge in [-0.05, 0) is 76.7 Å². The Hall–Kier alpha value is -2.64. The van der Waals surface area contributed by atoms with Crippen LogP contribution in [0.25, 0.3) is 0 Å². The van der Waals surface area contributed by atoms with E-state index < -0.39 is 0 Å². The fourth-order valence-electron chi connectivity index (χ4n) is 7.39. The normalized spacial score (nSPS) is 30.3. The fraction of sp³-hybridized carbons (Fsp3) is 0.571. The highest BCUT2D eigenvalue weighted by molar-refractivity contribution is 6.14. The lowest BCUT2D eigenvalue weighted by Crippen LogP contribution is -2.52. The minimum atomic E-state index is -0.151. The summed E-state index contributed by atoms with van der Waals surface area (Å²) in [6.45, 7) is 10.8.